The van der Waals surface area contributed by atoms with Crippen LogP contribution in [0.3, 0.4) is 0 Å². The zero-order valence-corrected chi connectivity index (χ0v) is 24.7. The molecular weight excluding hydrogens is 600 g/mol. The van der Waals surface area contributed by atoms with Crippen molar-refractivity contribution in [3.05, 3.63) is 110 Å². The summed E-state index contributed by atoms with van der Waals surface area (Å²) in [6.45, 7) is 2.17. The topological polar surface area (TPSA) is 132 Å². The molecule has 0 spiro atoms. The van der Waals surface area contributed by atoms with Gasteiger partial charge in [-0.25, -0.2) is 10.0 Å². The smallest absolute Gasteiger partial charge is 0.266 e. The number of hydrogen-bond donors (Lipinski definition) is 2. The number of rotatable bonds is 12. The molecule has 0 saturated carbocycles. The summed E-state index contributed by atoms with van der Waals surface area (Å²) in [6.07, 6.45) is 2.03. The summed E-state index contributed by atoms with van der Waals surface area (Å²) in [5, 5.41) is 14.8. The van der Waals surface area contributed by atoms with Gasteiger partial charge in [0.2, 0.25) is 5.90 Å². The second kappa shape index (κ2) is 13.8. The van der Waals surface area contributed by atoms with Gasteiger partial charge >= 0.3 is 0 Å². The first-order valence-electron chi connectivity index (χ1n) is 14.0. The Morgan fingerprint density at radius 2 is 1.83 bits per heavy atom. The minimum Gasteiger partial charge on any atom is -0.494 e. The number of hydrazine groups is 1. The molecule has 0 bridgehead atoms. The molecule has 11 heteroatoms. The standard InChI is InChI=1S/C31H33BrN6O4/c32-27-11-4-3-10-26(27)28-31(30(40)36-38-16-5-6-17-38,20-23-8-1-2-9-24(23)21-34-37-33)35-29(42-28)22-12-14-25(15-13-22)41-19-7-18-39/h1-4,8-15,28,39H,5-7,16-21H2,(H,36,40)/t28-,31-/m0/s1. The Morgan fingerprint density at radius 1 is 1.12 bits per heavy atom. The molecular formula is C31H33BrN6O4. The van der Waals surface area contributed by atoms with E-state index in [1.807, 2.05) is 77.8 Å². The maximum absolute atomic E-state index is 14.4. The first kappa shape index (κ1) is 29.6. The highest BCUT2D eigenvalue weighted by molar-refractivity contribution is 9.10. The molecule has 2 atom stereocenters. The van der Waals surface area contributed by atoms with Gasteiger partial charge in [-0.3, -0.25) is 10.2 Å². The van der Waals surface area contributed by atoms with Gasteiger partial charge in [0.05, 0.1) is 13.2 Å². The van der Waals surface area contributed by atoms with Crippen LogP contribution in [0.4, 0.5) is 0 Å². The Bertz CT molecular complexity index is 1470. The molecule has 1 fully saturated rings. The van der Waals surface area contributed by atoms with Crippen molar-refractivity contribution in [2.45, 2.75) is 43.9 Å². The lowest BCUT2D eigenvalue weighted by Gasteiger charge is -2.33. The maximum Gasteiger partial charge on any atom is 0.266 e. The summed E-state index contributed by atoms with van der Waals surface area (Å²) >= 11 is 3.68. The lowest BCUT2D eigenvalue weighted by atomic mass is 9.81. The molecule has 218 valence electrons. The van der Waals surface area contributed by atoms with E-state index in [0.717, 1.165) is 47.1 Å². The van der Waals surface area contributed by atoms with Crippen molar-refractivity contribution in [2.75, 3.05) is 26.3 Å². The molecule has 2 heterocycles. The first-order chi connectivity index (χ1) is 20.5. The van der Waals surface area contributed by atoms with Gasteiger partial charge in [0, 0.05) is 53.0 Å². The molecule has 0 aromatic heterocycles. The third-order valence-corrected chi connectivity index (χ3v) is 8.19. The molecule has 3 aromatic carbocycles. The van der Waals surface area contributed by atoms with E-state index >= 15 is 0 Å². The number of halogens is 1. The summed E-state index contributed by atoms with van der Waals surface area (Å²) in [6, 6.07) is 22.7. The van der Waals surface area contributed by atoms with Crippen molar-refractivity contribution in [1.29, 1.82) is 0 Å². The lowest BCUT2D eigenvalue weighted by molar-refractivity contribution is -0.133. The zero-order valence-electron chi connectivity index (χ0n) is 23.2. The van der Waals surface area contributed by atoms with Gasteiger partial charge in [0.25, 0.3) is 5.91 Å². The molecule has 0 radical (unpaired) electrons. The number of ether oxygens (including phenoxy) is 2. The number of aliphatic hydroxyl groups is 1. The molecule has 1 amide bonds. The molecule has 42 heavy (non-hydrogen) atoms. The van der Waals surface area contributed by atoms with E-state index in [2.05, 4.69) is 31.4 Å². The average Bonchev–Trinajstić information content (AvgIpc) is 3.66. The van der Waals surface area contributed by atoms with Crippen LogP contribution in [0.15, 0.2) is 87.4 Å². The van der Waals surface area contributed by atoms with E-state index in [9.17, 15) is 4.79 Å². The number of aliphatic hydroxyl groups excluding tert-OH is 1. The van der Waals surface area contributed by atoms with Gasteiger partial charge in [0.1, 0.15) is 5.75 Å². The number of azide groups is 1. The molecule has 1 saturated heterocycles. The van der Waals surface area contributed by atoms with Crippen LogP contribution in [0.1, 0.15) is 47.6 Å². The van der Waals surface area contributed by atoms with Crippen LogP contribution in [0.25, 0.3) is 10.4 Å². The fourth-order valence-corrected chi connectivity index (χ4v) is 5.79. The Morgan fingerprint density at radius 3 is 2.55 bits per heavy atom. The number of aliphatic imine (C=N–C) groups is 1. The van der Waals surface area contributed by atoms with Gasteiger partial charge in [-0.15, -0.1) is 0 Å². The Kier molecular flexibility index (Phi) is 9.76. The fraction of sp³-hybridized carbons (Fsp3) is 0.355. The number of carbonyl (C=O) groups is 1. The monoisotopic (exact) mass is 632 g/mol. The third kappa shape index (κ3) is 6.60. The van der Waals surface area contributed by atoms with Gasteiger partial charge in [0.15, 0.2) is 11.6 Å². The number of amides is 1. The van der Waals surface area contributed by atoms with Gasteiger partial charge in [-0.2, -0.15) is 0 Å². The van der Waals surface area contributed by atoms with Crippen LogP contribution in [0, 0.1) is 0 Å². The van der Waals surface area contributed by atoms with Crippen LogP contribution < -0.4 is 10.2 Å². The van der Waals surface area contributed by atoms with Crippen molar-refractivity contribution in [3.63, 3.8) is 0 Å². The molecule has 10 nitrogen and oxygen atoms in total. The summed E-state index contributed by atoms with van der Waals surface area (Å²) in [5.74, 6) is 0.752. The van der Waals surface area contributed by atoms with E-state index in [1.54, 1.807) is 0 Å². The number of nitrogens with one attached hydrogen (secondary N) is 1. The van der Waals surface area contributed by atoms with Crippen LogP contribution in [0.5, 0.6) is 5.75 Å². The number of hydrogen-bond acceptors (Lipinski definition) is 7. The predicted molar refractivity (Wildman–Crippen MR) is 163 cm³/mol. The van der Waals surface area contributed by atoms with Crippen LogP contribution >= 0.6 is 15.9 Å². The predicted octanol–water partition coefficient (Wildman–Crippen LogP) is 5.65. The van der Waals surface area contributed by atoms with Crippen molar-refractivity contribution in [2.24, 2.45) is 10.1 Å². The average molecular weight is 634 g/mol. The second-order valence-corrected chi connectivity index (χ2v) is 11.1. The van der Waals surface area contributed by atoms with Gasteiger partial charge < -0.3 is 14.6 Å². The molecule has 0 aliphatic carbocycles. The summed E-state index contributed by atoms with van der Waals surface area (Å²) < 4.78 is 13.1. The minimum atomic E-state index is -1.37. The SMILES string of the molecule is [N-]=[N+]=NCc1ccccc1C[C@]1(C(=O)NN2CCCC2)N=C(c2ccc(OCCCO)cc2)O[C@H]1c1ccccc1Br. The second-order valence-electron chi connectivity index (χ2n) is 10.3. The van der Waals surface area contributed by atoms with Gasteiger partial charge in [-0.05, 0) is 59.8 Å². The highest BCUT2D eigenvalue weighted by Gasteiger charge is 2.54. The number of benzene rings is 3. The Labute approximate surface area is 253 Å². The van der Waals surface area contributed by atoms with Crippen molar-refractivity contribution >= 4 is 27.7 Å². The molecule has 2 aliphatic heterocycles. The fourth-order valence-electron chi connectivity index (χ4n) is 5.30. The first-order valence-corrected chi connectivity index (χ1v) is 14.8. The van der Waals surface area contributed by atoms with E-state index in [0.29, 0.717) is 30.2 Å². The summed E-state index contributed by atoms with van der Waals surface area (Å²) in [5.41, 5.74) is 13.9. The highest BCUT2D eigenvalue weighted by atomic mass is 79.9. The van der Waals surface area contributed by atoms with Gasteiger partial charge in [-0.1, -0.05) is 63.5 Å². The van der Waals surface area contributed by atoms with E-state index in [-0.39, 0.29) is 25.5 Å². The third-order valence-electron chi connectivity index (χ3n) is 7.47. The van der Waals surface area contributed by atoms with E-state index in [1.165, 1.54) is 0 Å². The highest BCUT2D eigenvalue weighted by Crippen LogP contribution is 2.45. The van der Waals surface area contributed by atoms with Crippen LogP contribution in [-0.4, -0.2) is 53.8 Å². The Hall–Kier alpha value is -3.89. The van der Waals surface area contributed by atoms with Crippen molar-refractivity contribution in [3.8, 4) is 5.75 Å². The summed E-state index contributed by atoms with van der Waals surface area (Å²) in [4.78, 5) is 22.5. The van der Waals surface area contributed by atoms with E-state index in [4.69, 9.17) is 25.1 Å². The molecule has 2 aliphatic rings. The largest absolute Gasteiger partial charge is 0.494 e. The van der Waals surface area contributed by atoms with Crippen molar-refractivity contribution < 1.29 is 19.4 Å². The van der Waals surface area contributed by atoms with Crippen LogP contribution in [0.2, 0.25) is 0 Å². The van der Waals surface area contributed by atoms with Crippen LogP contribution in [-0.2, 0) is 22.5 Å². The van der Waals surface area contributed by atoms with E-state index < -0.39 is 11.6 Å². The van der Waals surface area contributed by atoms with Crippen molar-refractivity contribution in [1.82, 2.24) is 10.4 Å². The minimum absolute atomic E-state index is 0.0622. The molecule has 0 unspecified atom stereocenters. The molecule has 5 rings (SSSR count). The maximum atomic E-state index is 14.4. The number of carbonyl (C=O) groups excluding carboxylic acids is 1. The summed E-state index contributed by atoms with van der Waals surface area (Å²) in [7, 11) is 0. The quantitative estimate of drug-likeness (QED) is 0.115. The molecule has 3 aromatic rings. The lowest BCUT2D eigenvalue weighted by Crippen LogP contribution is -2.54. The normalized spacial score (nSPS) is 20.0. The Balaban J connectivity index is 1.60. The number of nitrogens with zero attached hydrogens (tertiary/aromatic N) is 5. The molecule has 2 N–H and O–H groups in total. The zero-order chi connectivity index (χ0) is 29.4.